The fourth-order valence-corrected chi connectivity index (χ4v) is 16.1. The van der Waals surface area contributed by atoms with Crippen molar-refractivity contribution < 1.29 is 67.5 Å². The number of rotatable bonds is 22. The molecule has 0 aliphatic carbocycles. The van der Waals surface area contributed by atoms with Crippen LogP contribution in [0.25, 0.3) is 21.9 Å². The highest BCUT2D eigenvalue weighted by molar-refractivity contribution is 7.99. The molecule has 3 saturated heterocycles. The number of anilines is 1. The molecule has 15 rings (SSSR count). The van der Waals surface area contributed by atoms with E-state index in [1.165, 1.54) is 5.56 Å². The maximum atomic E-state index is 13.0. The van der Waals surface area contributed by atoms with Crippen LogP contribution in [0.4, 0.5) is 18.9 Å². The number of hydrogen-bond acceptors (Lipinski definition) is 16. The van der Waals surface area contributed by atoms with Crippen LogP contribution in [0.15, 0.2) is 217 Å². The molecule has 10 aromatic carbocycles. The Kier molecular flexibility index (Phi) is 24.2. The number of likely N-dealkylation sites (tertiary alicyclic amines) is 3. The van der Waals surface area contributed by atoms with E-state index in [0.29, 0.717) is 31.3 Å². The molecule has 5 aliphatic rings. The number of aromatic hydroxyl groups is 6. The highest BCUT2D eigenvalue weighted by atomic mass is 32.2. The third-order valence-corrected chi connectivity index (χ3v) is 22.3. The Labute approximate surface area is 622 Å². The molecule has 5 aliphatic heterocycles. The van der Waals surface area contributed by atoms with Crippen molar-refractivity contribution in [3.8, 4) is 80.1 Å². The van der Waals surface area contributed by atoms with Crippen molar-refractivity contribution >= 4 is 28.2 Å². The fourth-order valence-electron chi connectivity index (χ4n) is 14.8. The number of fused-ring (bicyclic) bond motifs is 3. The van der Waals surface area contributed by atoms with E-state index in [4.69, 9.17) is 23.7 Å². The van der Waals surface area contributed by atoms with Gasteiger partial charge in [-0.15, -0.1) is 11.8 Å². The first-order chi connectivity index (χ1) is 51.5. The maximum absolute atomic E-state index is 13.0. The van der Waals surface area contributed by atoms with Crippen LogP contribution in [0.2, 0.25) is 0 Å². The Morgan fingerprint density at radius 2 is 0.906 bits per heavy atom. The molecule has 106 heavy (non-hydrogen) atoms. The van der Waals surface area contributed by atoms with Gasteiger partial charge in [0.1, 0.15) is 94.9 Å². The van der Waals surface area contributed by atoms with Gasteiger partial charge in [0.15, 0.2) is 0 Å². The Bertz CT molecular complexity index is 4510. The molecule has 0 unspecified atom stereocenters. The number of hydrogen-bond donors (Lipinski definition) is 6. The van der Waals surface area contributed by atoms with E-state index in [-0.39, 0.29) is 108 Å². The minimum atomic E-state index is -0.253. The lowest BCUT2D eigenvalue weighted by Gasteiger charge is -2.39. The predicted molar refractivity (Wildman–Crippen MR) is 411 cm³/mol. The molecule has 0 amide bonds. The molecule has 0 spiro atoms. The van der Waals surface area contributed by atoms with Crippen LogP contribution in [0.5, 0.6) is 69.0 Å². The van der Waals surface area contributed by atoms with Gasteiger partial charge in [0.2, 0.25) is 0 Å². The SMILES string of the molecule is C[C@@H](COc1ccc(Oc2c(-c3ccc(O)cc3)ccc3cc(O)ccc23)cc1)N1CC[C@@H](CF)C1.C[C@@H](COc1ccc([C@@H]2Oc3ccc(O)cc3S[C@@H]2c2ccc(O)cc2)cc1)N1CC[C@@H](CF)C1.C[C@@H](COc1ccc([C@@H]2c3ccc(O)cc3CCN2c2ccc(O)cc2)cc1)N1CC[C@@H](CF)C1. The molecule has 3 fully saturated rings. The van der Waals surface area contributed by atoms with Gasteiger partial charge < -0.3 is 59.2 Å². The van der Waals surface area contributed by atoms with Gasteiger partial charge in [-0.05, 0) is 257 Å². The van der Waals surface area contributed by atoms with Gasteiger partial charge in [-0.25, -0.2) is 0 Å². The predicted octanol–water partition coefficient (Wildman–Crippen LogP) is 18.2. The van der Waals surface area contributed by atoms with Crippen LogP contribution in [0, 0.1) is 17.8 Å². The number of thioether (sulfide) groups is 1. The quantitative estimate of drug-likeness (QED) is 0.0377. The van der Waals surface area contributed by atoms with Gasteiger partial charge >= 0.3 is 0 Å². The van der Waals surface area contributed by atoms with Crippen molar-refractivity contribution in [1.29, 1.82) is 0 Å². The summed E-state index contributed by atoms with van der Waals surface area (Å²) in [6, 6.07) is 65.7. The van der Waals surface area contributed by atoms with Crippen LogP contribution in [0.1, 0.15) is 85.2 Å². The Hall–Kier alpha value is -9.92. The summed E-state index contributed by atoms with van der Waals surface area (Å²) >= 11 is 1.64. The highest BCUT2D eigenvalue weighted by Gasteiger charge is 2.36. The number of ether oxygens (including phenoxy) is 5. The third kappa shape index (κ3) is 18.3. The molecule has 19 heteroatoms. The first-order valence-electron chi connectivity index (χ1n) is 36.7. The zero-order valence-electron chi connectivity index (χ0n) is 60.0. The minimum Gasteiger partial charge on any atom is -0.508 e. The lowest BCUT2D eigenvalue weighted by Crippen LogP contribution is -2.36. The number of nitrogens with zero attached hydrogens (tertiary/aromatic N) is 4. The molecule has 5 heterocycles. The molecule has 0 saturated carbocycles. The zero-order chi connectivity index (χ0) is 73.8. The lowest BCUT2D eigenvalue weighted by molar-refractivity contribution is 0.165. The van der Waals surface area contributed by atoms with E-state index < -0.39 is 0 Å². The van der Waals surface area contributed by atoms with Crippen LogP contribution in [0.3, 0.4) is 0 Å². The van der Waals surface area contributed by atoms with E-state index in [1.54, 1.807) is 84.6 Å². The molecular formula is C87H93F3N4O11S. The van der Waals surface area contributed by atoms with Gasteiger partial charge in [0, 0.05) is 78.7 Å². The molecule has 0 radical (unpaired) electrons. The number of halogens is 3. The Balaban J connectivity index is 0.000000141. The zero-order valence-corrected chi connectivity index (χ0v) is 60.8. The fraction of sp³-hybridized carbons (Fsp3) is 0.333. The molecular weight excluding hydrogens is 1370 g/mol. The van der Waals surface area contributed by atoms with E-state index in [1.807, 2.05) is 127 Å². The second-order valence-corrected chi connectivity index (χ2v) is 29.7. The van der Waals surface area contributed by atoms with Crippen LogP contribution >= 0.6 is 11.8 Å². The summed E-state index contributed by atoms with van der Waals surface area (Å²) in [6.07, 6.45) is 3.33. The molecule has 554 valence electrons. The van der Waals surface area contributed by atoms with E-state index in [9.17, 15) is 43.8 Å². The molecule has 9 atom stereocenters. The Morgan fingerprint density at radius 1 is 0.453 bits per heavy atom. The van der Waals surface area contributed by atoms with Crippen LogP contribution in [-0.4, -0.2) is 149 Å². The van der Waals surface area contributed by atoms with Crippen molar-refractivity contribution in [2.75, 3.05) is 90.6 Å². The van der Waals surface area contributed by atoms with Crippen LogP contribution in [-0.2, 0) is 6.42 Å². The average molecular weight is 1460 g/mol. The van der Waals surface area contributed by atoms with Crippen molar-refractivity contribution in [3.63, 3.8) is 0 Å². The van der Waals surface area contributed by atoms with Crippen molar-refractivity contribution in [1.82, 2.24) is 14.7 Å². The standard InChI is InChI=1S/C30H30FNO4.C29H33FN2O3.C28H30FNO4S/c1-20(32-15-14-21(17-31)18-32)19-35-26-8-10-27(11-9-26)36-30-28(22-2-5-24(33)6-3-22)12-4-23-16-25(34)7-13-29(23)30;1-20(31-14-12-21(17-30)18-31)19-35-27-9-2-22(3-10-27)29-28-11-8-26(34)16-23(28)13-15-32(29)24-4-6-25(33)7-5-24;1-18(30-13-12-19(15-29)16-30)17-33-24-9-4-20(5-10-24)27-28(21-2-6-22(31)7-3-21)35-26-14-23(32)8-11-25(26)34-27/h2-13,16,20-21,33-34H,14-15,17-19H2,1H3;2-11,16,20-21,29,33-34H,12-15,17-19H2,1H3;2-11,14,18-19,27-28,31-32H,12-13,15-17H2,1H3/t20-,21-;20-,21-,29+;18-,19-,27-,28+/m000/s1. The van der Waals surface area contributed by atoms with Gasteiger partial charge in [-0.3, -0.25) is 27.9 Å². The van der Waals surface area contributed by atoms with Gasteiger partial charge in [0.25, 0.3) is 0 Å². The smallest absolute Gasteiger partial charge is 0.143 e. The van der Waals surface area contributed by atoms with Gasteiger partial charge in [-0.1, -0.05) is 60.7 Å². The summed E-state index contributed by atoms with van der Waals surface area (Å²) in [4.78, 5) is 10.1. The monoisotopic (exact) mass is 1460 g/mol. The average Bonchev–Trinajstić information content (AvgIpc) is 1.17. The first kappa shape index (κ1) is 74.4. The maximum Gasteiger partial charge on any atom is 0.143 e. The number of benzene rings is 10. The largest absolute Gasteiger partial charge is 0.508 e. The van der Waals surface area contributed by atoms with E-state index >= 15 is 0 Å². The third-order valence-electron chi connectivity index (χ3n) is 21.0. The second-order valence-electron chi connectivity index (χ2n) is 28.5. The van der Waals surface area contributed by atoms with Crippen molar-refractivity contribution in [3.05, 3.63) is 240 Å². The Morgan fingerprint density at radius 3 is 1.44 bits per heavy atom. The van der Waals surface area contributed by atoms with Crippen LogP contribution < -0.4 is 28.6 Å². The molecule has 0 bridgehead atoms. The van der Waals surface area contributed by atoms with Crippen molar-refractivity contribution in [2.45, 2.75) is 86.9 Å². The topological polar surface area (TPSA) is 180 Å². The van der Waals surface area contributed by atoms with Crippen molar-refractivity contribution in [2.24, 2.45) is 17.8 Å². The summed E-state index contributed by atoms with van der Waals surface area (Å²) in [5.41, 5.74) is 8.31. The second kappa shape index (κ2) is 34.5. The number of alkyl halides is 3. The molecule has 15 nitrogen and oxygen atoms in total. The summed E-state index contributed by atoms with van der Waals surface area (Å²) in [5, 5.41) is 60.8. The normalized spacial score (nSPS) is 20.2. The molecule has 0 aromatic heterocycles. The summed E-state index contributed by atoms with van der Waals surface area (Å²) in [5.74, 6) is 6.21. The van der Waals surface area contributed by atoms with E-state index in [0.717, 1.165) is 149 Å². The minimum absolute atomic E-state index is 0.0147. The lowest BCUT2D eigenvalue weighted by atomic mass is 9.87. The molecule has 10 aromatic rings. The first-order valence-corrected chi connectivity index (χ1v) is 37.5. The van der Waals surface area contributed by atoms with E-state index in [2.05, 4.69) is 52.5 Å². The number of phenolic OH excluding ortho intramolecular Hbond substituents is 6. The summed E-state index contributed by atoms with van der Waals surface area (Å²) in [6.45, 7) is 13.3. The van der Waals surface area contributed by atoms with Gasteiger partial charge in [0.05, 0.1) is 36.2 Å². The molecule has 6 N–H and O–H groups in total. The van der Waals surface area contributed by atoms with Gasteiger partial charge in [-0.2, -0.15) is 0 Å². The summed E-state index contributed by atoms with van der Waals surface area (Å²) < 4.78 is 69.8. The number of phenols is 6. The summed E-state index contributed by atoms with van der Waals surface area (Å²) in [7, 11) is 0. The highest BCUT2D eigenvalue weighted by Crippen LogP contribution is 2.54.